The molecule has 0 bridgehead atoms. The normalized spacial score (nSPS) is 18.7. The van der Waals surface area contributed by atoms with Crippen LogP contribution in [0.3, 0.4) is 0 Å². The van der Waals surface area contributed by atoms with E-state index < -0.39 is 23.8 Å². The van der Waals surface area contributed by atoms with Crippen LogP contribution in [-0.4, -0.2) is 76.0 Å². The number of amides is 1. The second kappa shape index (κ2) is 15.7. The van der Waals surface area contributed by atoms with Crippen LogP contribution < -0.4 is 24.3 Å². The van der Waals surface area contributed by atoms with E-state index in [1.165, 1.54) is 7.11 Å². The molecule has 0 saturated carbocycles. The predicted molar refractivity (Wildman–Crippen MR) is 176 cm³/mol. The van der Waals surface area contributed by atoms with Crippen molar-refractivity contribution in [3.05, 3.63) is 75.8 Å². The molecule has 5 rings (SSSR count). The lowest BCUT2D eigenvalue weighted by Crippen LogP contribution is -2.35. The second-order valence-electron chi connectivity index (χ2n) is 11.4. The lowest BCUT2D eigenvalue weighted by atomic mass is 9.82. The zero-order valence-corrected chi connectivity index (χ0v) is 27.8. The van der Waals surface area contributed by atoms with E-state index in [0.29, 0.717) is 60.6 Å². The molecule has 3 aromatic carbocycles. The Kier molecular flexibility index (Phi) is 11.5. The molecule has 0 aliphatic carbocycles. The number of carboxylic acid groups (broad SMARTS) is 1. The summed E-state index contributed by atoms with van der Waals surface area (Å²) in [6.07, 6.45) is 1.38. The van der Waals surface area contributed by atoms with Gasteiger partial charge in [0.25, 0.3) is 0 Å². The molecule has 2 aliphatic rings. The number of methoxy groups -OCH3 is 2. The molecule has 11 nitrogen and oxygen atoms in total. The Morgan fingerprint density at radius 1 is 1.00 bits per heavy atom. The summed E-state index contributed by atoms with van der Waals surface area (Å²) in [6.45, 7) is 5.24. The highest BCUT2D eigenvalue weighted by Gasteiger charge is 2.48. The van der Waals surface area contributed by atoms with Crippen molar-refractivity contribution < 1.29 is 43.1 Å². The third-order valence-electron chi connectivity index (χ3n) is 8.59. The SMILES string of the molecule is CCc1cc(Cl)cc(CC)c1NC(=O)CN1C[C@H](c2cc(OC)c3c(c2)OCO3)C(C(=O)O)[C@@H]1c1ccc(OCOCCOC)cc1. The number of aliphatic carboxylic acids is 1. The molecule has 252 valence electrons. The van der Waals surface area contributed by atoms with Gasteiger partial charge in [0.1, 0.15) is 5.75 Å². The molecule has 12 heteroatoms. The van der Waals surface area contributed by atoms with E-state index >= 15 is 0 Å². The van der Waals surface area contributed by atoms with Crippen molar-refractivity contribution in [2.24, 2.45) is 5.92 Å². The molecule has 0 radical (unpaired) electrons. The highest BCUT2D eigenvalue weighted by molar-refractivity contribution is 6.30. The average molecular weight is 669 g/mol. The molecule has 3 aromatic rings. The third kappa shape index (κ3) is 7.76. The Hall–Kier alpha value is -4.03. The Balaban J connectivity index is 1.46. The third-order valence-corrected chi connectivity index (χ3v) is 8.81. The van der Waals surface area contributed by atoms with Crippen LogP contribution in [0.1, 0.15) is 48.1 Å². The van der Waals surface area contributed by atoms with Gasteiger partial charge in [-0.2, -0.15) is 0 Å². The molecular formula is C35H41ClN2O9. The number of carboxylic acids is 1. The van der Waals surface area contributed by atoms with Gasteiger partial charge in [0, 0.05) is 36.3 Å². The summed E-state index contributed by atoms with van der Waals surface area (Å²) < 4.78 is 32.9. The van der Waals surface area contributed by atoms with Crippen LogP contribution in [0.5, 0.6) is 23.0 Å². The van der Waals surface area contributed by atoms with E-state index in [9.17, 15) is 14.7 Å². The molecule has 2 N–H and O–H groups in total. The van der Waals surface area contributed by atoms with E-state index in [1.54, 1.807) is 31.4 Å². The topological polar surface area (TPSA) is 125 Å². The molecule has 1 amide bonds. The van der Waals surface area contributed by atoms with Crippen LogP contribution in [-0.2, 0) is 31.9 Å². The van der Waals surface area contributed by atoms with E-state index in [0.717, 1.165) is 27.9 Å². The standard InChI is InChI=1S/C35H41ClN2O9/c1-5-21-13-25(36)14-22(6-2)32(21)37-30(39)18-38-17-27(24-15-28(43-4)34-29(16-24)46-20-47-34)31(35(40)41)33(38)23-7-9-26(10-8-23)45-19-44-12-11-42-3/h7-10,13-16,27,31,33H,5-6,11-12,17-20H2,1-4H3,(H,37,39)(H,40,41)/t27-,31?,33+/m1/s1. The first-order valence-corrected chi connectivity index (χ1v) is 16.0. The van der Waals surface area contributed by atoms with Crippen molar-refractivity contribution in [2.45, 2.75) is 38.6 Å². The van der Waals surface area contributed by atoms with Crippen LogP contribution in [0.15, 0.2) is 48.5 Å². The smallest absolute Gasteiger partial charge is 0.309 e. The average Bonchev–Trinajstić information content (AvgIpc) is 3.70. The summed E-state index contributed by atoms with van der Waals surface area (Å²) in [7, 11) is 3.13. The summed E-state index contributed by atoms with van der Waals surface area (Å²) in [5.74, 6) is -0.614. The number of halogens is 1. The first-order chi connectivity index (χ1) is 22.8. The lowest BCUT2D eigenvalue weighted by molar-refractivity contribution is -0.143. The second-order valence-corrected chi connectivity index (χ2v) is 11.8. The molecule has 2 aliphatic heterocycles. The van der Waals surface area contributed by atoms with Gasteiger partial charge >= 0.3 is 5.97 Å². The fraction of sp³-hybridized carbons (Fsp3) is 0.429. The maximum absolute atomic E-state index is 13.8. The molecule has 1 fully saturated rings. The Morgan fingerprint density at radius 3 is 2.36 bits per heavy atom. The van der Waals surface area contributed by atoms with Crippen molar-refractivity contribution in [1.82, 2.24) is 4.90 Å². The molecule has 0 spiro atoms. The first-order valence-electron chi connectivity index (χ1n) is 15.6. The quantitative estimate of drug-likeness (QED) is 0.154. The van der Waals surface area contributed by atoms with Crippen molar-refractivity contribution in [3.63, 3.8) is 0 Å². The number of nitrogens with zero attached hydrogens (tertiary/aromatic N) is 1. The maximum Gasteiger partial charge on any atom is 0.309 e. The van der Waals surface area contributed by atoms with Gasteiger partial charge in [0.15, 0.2) is 18.3 Å². The van der Waals surface area contributed by atoms with Crippen molar-refractivity contribution in [1.29, 1.82) is 0 Å². The highest BCUT2D eigenvalue weighted by Crippen LogP contribution is 2.50. The first kappa shape index (κ1) is 34.3. The number of fused-ring (bicyclic) bond motifs is 1. The Morgan fingerprint density at radius 2 is 1.72 bits per heavy atom. The molecule has 2 heterocycles. The number of nitrogens with one attached hydrogen (secondary N) is 1. The monoisotopic (exact) mass is 668 g/mol. The van der Waals surface area contributed by atoms with Crippen molar-refractivity contribution in [3.8, 4) is 23.0 Å². The van der Waals surface area contributed by atoms with E-state index in [-0.39, 0.29) is 26.0 Å². The van der Waals surface area contributed by atoms with E-state index in [4.69, 9.17) is 40.0 Å². The Bertz CT molecular complexity index is 1540. The number of carbonyl (C=O) groups excluding carboxylic acids is 1. The summed E-state index contributed by atoms with van der Waals surface area (Å²) >= 11 is 6.35. The highest BCUT2D eigenvalue weighted by atomic mass is 35.5. The van der Waals surface area contributed by atoms with Crippen molar-refractivity contribution >= 4 is 29.2 Å². The molecule has 3 atom stereocenters. The molecular weight excluding hydrogens is 628 g/mol. The number of hydrogen-bond acceptors (Lipinski definition) is 9. The summed E-state index contributed by atoms with van der Waals surface area (Å²) in [5.41, 5.74) is 4.09. The number of ether oxygens (including phenoxy) is 6. The van der Waals surface area contributed by atoms with E-state index in [2.05, 4.69) is 5.32 Å². The van der Waals surface area contributed by atoms with Gasteiger partial charge in [0.2, 0.25) is 18.4 Å². The van der Waals surface area contributed by atoms with Gasteiger partial charge in [-0.1, -0.05) is 37.6 Å². The van der Waals surface area contributed by atoms with E-state index in [1.807, 2.05) is 43.0 Å². The number of aryl methyl sites for hydroxylation is 2. The number of carbonyl (C=O) groups is 2. The van der Waals surface area contributed by atoms with Gasteiger partial charge in [0.05, 0.1) is 32.8 Å². The summed E-state index contributed by atoms with van der Waals surface area (Å²) in [4.78, 5) is 28.8. The van der Waals surface area contributed by atoms with Crippen LogP contribution in [0, 0.1) is 5.92 Å². The fourth-order valence-corrected chi connectivity index (χ4v) is 6.63. The molecule has 1 unspecified atom stereocenters. The fourth-order valence-electron chi connectivity index (χ4n) is 6.37. The number of rotatable bonds is 15. The van der Waals surface area contributed by atoms with Gasteiger partial charge in [-0.05, 0) is 71.5 Å². The van der Waals surface area contributed by atoms with Crippen LogP contribution in [0.25, 0.3) is 0 Å². The minimum atomic E-state index is -0.981. The molecule has 1 saturated heterocycles. The number of hydrogen-bond donors (Lipinski definition) is 2. The number of benzene rings is 3. The van der Waals surface area contributed by atoms with Gasteiger partial charge in [-0.3, -0.25) is 14.5 Å². The zero-order chi connectivity index (χ0) is 33.5. The number of likely N-dealkylation sites (tertiary alicyclic amines) is 1. The van der Waals surface area contributed by atoms with Crippen LogP contribution >= 0.6 is 11.6 Å². The number of anilines is 1. The molecule has 0 aromatic heterocycles. The van der Waals surface area contributed by atoms with Gasteiger partial charge < -0.3 is 38.8 Å². The minimum Gasteiger partial charge on any atom is -0.493 e. The molecule has 47 heavy (non-hydrogen) atoms. The Labute approximate surface area is 279 Å². The maximum atomic E-state index is 13.8. The lowest BCUT2D eigenvalue weighted by Gasteiger charge is -2.27. The van der Waals surface area contributed by atoms with Gasteiger partial charge in [-0.25, -0.2) is 0 Å². The predicted octanol–water partition coefficient (Wildman–Crippen LogP) is 5.68. The van der Waals surface area contributed by atoms with Crippen LogP contribution in [0.4, 0.5) is 5.69 Å². The zero-order valence-electron chi connectivity index (χ0n) is 27.0. The summed E-state index contributed by atoms with van der Waals surface area (Å²) in [6, 6.07) is 13.9. The van der Waals surface area contributed by atoms with Crippen LogP contribution in [0.2, 0.25) is 5.02 Å². The summed E-state index contributed by atoms with van der Waals surface area (Å²) in [5, 5.41) is 14.5. The minimum absolute atomic E-state index is 0.0346. The van der Waals surface area contributed by atoms with Crippen molar-refractivity contribution in [2.75, 3.05) is 59.4 Å². The van der Waals surface area contributed by atoms with Gasteiger partial charge in [-0.15, -0.1) is 0 Å². The largest absolute Gasteiger partial charge is 0.493 e.